The van der Waals surface area contributed by atoms with Crippen molar-refractivity contribution in [3.8, 4) is 5.75 Å². The summed E-state index contributed by atoms with van der Waals surface area (Å²) in [7, 11) is 1.71. The zero-order valence-electron chi connectivity index (χ0n) is 14.6. The van der Waals surface area contributed by atoms with Crippen molar-refractivity contribution in [3.05, 3.63) is 35.4 Å². The lowest BCUT2D eigenvalue weighted by molar-refractivity contribution is 0.330. The van der Waals surface area contributed by atoms with Gasteiger partial charge in [-0.3, -0.25) is 0 Å². The Morgan fingerprint density at radius 3 is 2.14 bits per heavy atom. The van der Waals surface area contributed by atoms with Gasteiger partial charge in [-0.15, -0.1) is 0 Å². The Morgan fingerprint density at radius 1 is 1.10 bits per heavy atom. The number of aromatic hydroxyl groups is 1. The lowest BCUT2D eigenvalue weighted by Gasteiger charge is -2.29. The van der Waals surface area contributed by atoms with E-state index >= 15 is 0 Å². The summed E-state index contributed by atoms with van der Waals surface area (Å²) in [6.07, 6.45) is 2.09. The maximum absolute atomic E-state index is 9.72. The summed E-state index contributed by atoms with van der Waals surface area (Å²) in [5.74, 6) is 1.16. The number of benzene rings is 1. The molecule has 0 amide bonds. The molecule has 0 atom stereocenters. The number of methoxy groups -OCH3 is 1. The molecular weight excluding hydrogens is 260 g/mol. The fourth-order valence-corrected chi connectivity index (χ4v) is 2.39. The molecule has 0 bridgehead atoms. The molecule has 2 nitrogen and oxygen atoms in total. The monoisotopic (exact) mass is 290 g/mol. The lowest BCUT2D eigenvalue weighted by Crippen LogP contribution is -2.15. The Bertz CT molecular complexity index is 499. The first-order valence-corrected chi connectivity index (χ1v) is 7.61. The molecule has 0 spiro atoms. The second-order valence-electron chi connectivity index (χ2n) is 7.87. The van der Waals surface area contributed by atoms with Gasteiger partial charge in [0, 0.05) is 5.56 Å². The topological polar surface area (TPSA) is 29.5 Å². The Kier molecular flexibility index (Phi) is 5.49. The van der Waals surface area contributed by atoms with Gasteiger partial charge in [0.15, 0.2) is 0 Å². The molecular formula is C19H30O2. The zero-order valence-corrected chi connectivity index (χ0v) is 14.6. The van der Waals surface area contributed by atoms with E-state index < -0.39 is 0 Å². The van der Waals surface area contributed by atoms with Gasteiger partial charge in [-0.1, -0.05) is 53.7 Å². The largest absolute Gasteiger partial charge is 0.508 e. The van der Waals surface area contributed by atoms with Crippen LogP contribution in [-0.4, -0.2) is 12.2 Å². The first-order valence-electron chi connectivity index (χ1n) is 7.61. The maximum Gasteiger partial charge on any atom is 0.125 e. The Balaban J connectivity index is 3.29. The average Bonchev–Trinajstić information content (AvgIpc) is 2.31. The van der Waals surface area contributed by atoms with Gasteiger partial charge in [-0.05, 0) is 41.4 Å². The second kappa shape index (κ2) is 6.55. The summed E-state index contributed by atoms with van der Waals surface area (Å²) in [6.45, 7) is 13.4. The van der Waals surface area contributed by atoms with Crippen molar-refractivity contribution in [2.45, 2.75) is 54.4 Å². The van der Waals surface area contributed by atoms with Crippen molar-refractivity contribution >= 4 is 5.76 Å². The molecule has 1 aromatic carbocycles. The minimum Gasteiger partial charge on any atom is -0.508 e. The van der Waals surface area contributed by atoms with Gasteiger partial charge < -0.3 is 9.84 Å². The summed E-state index contributed by atoms with van der Waals surface area (Å²) in [5.41, 5.74) is 2.55. The van der Waals surface area contributed by atoms with Crippen molar-refractivity contribution in [1.82, 2.24) is 0 Å². The minimum absolute atomic E-state index is 0.0298. The smallest absolute Gasteiger partial charge is 0.125 e. The van der Waals surface area contributed by atoms with Crippen LogP contribution in [0.1, 0.15) is 59.9 Å². The second-order valence-corrected chi connectivity index (χ2v) is 7.87. The van der Waals surface area contributed by atoms with Crippen LogP contribution in [0.25, 0.3) is 5.76 Å². The molecule has 0 aliphatic rings. The Hall–Kier alpha value is -1.44. The highest BCUT2D eigenvalue weighted by Crippen LogP contribution is 2.38. The van der Waals surface area contributed by atoms with Crippen LogP contribution in [0.15, 0.2) is 29.8 Å². The van der Waals surface area contributed by atoms with Crippen LogP contribution in [-0.2, 0) is 4.74 Å². The molecule has 1 rings (SSSR count). The van der Waals surface area contributed by atoms with Gasteiger partial charge in [0.2, 0.25) is 0 Å². The number of phenolic OH excluding ortho intramolecular Hbond substituents is 1. The first-order chi connectivity index (χ1) is 9.54. The van der Waals surface area contributed by atoms with Crippen LogP contribution in [0.3, 0.4) is 0 Å². The van der Waals surface area contributed by atoms with Gasteiger partial charge in [0.05, 0.1) is 7.11 Å². The molecule has 0 saturated carbocycles. The van der Waals surface area contributed by atoms with Crippen molar-refractivity contribution in [2.24, 2.45) is 10.8 Å². The molecule has 21 heavy (non-hydrogen) atoms. The third-order valence-electron chi connectivity index (χ3n) is 3.62. The highest BCUT2D eigenvalue weighted by atomic mass is 16.5. The number of hydrogen-bond donors (Lipinski definition) is 1. The van der Waals surface area contributed by atoms with Gasteiger partial charge in [0.1, 0.15) is 11.5 Å². The highest BCUT2D eigenvalue weighted by molar-refractivity contribution is 5.65. The van der Waals surface area contributed by atoms with E-state index in [0.29, 0.717) is 0 Å². The molecule has 2 heteroatoms. The summed E-state index contributed by atoms with van der Waals surface area (Å²) < 4.78 is 5.71. The fraction of sp³-hybridized carbons (Fsp3) is 0.579. The molecule has 0 saturated heterocycles. The summed E-state index contributed by atoms with van der Waals surface area (Å²) in [4.78, 5) is 0. The van der Waals surface area contributed by atoms with Crippen molar-refractivity contribution in [2.75, 3.05) is 7.11 Å². The Labute approximate surface area is 129 Å². The molecule has 0 aromatic heterocycles. The van der Waals surface area contributed by atoms with Gasteiger partial charge in [0.25, 0.3) is 0 Å². The molecule has 0 fully saturated rings. The van der Waals surface area contributed by atoms with Gasteiger partial charge in [-0.25, -0.2) is 0 Å². The number of phenols is 1. The summed E-state index contributed by atoms with van der Waals surface area (Å²) in [6, 6.07) is 7.29. The lowest BCUT2D eigenvalue weighted by atomic mass is 9.78. The molecule has 0 radical (unpaired) electrons. The van der Waals surface area contributed by atoms with Crippen molar-refractivity contribution in [3.63, 3.8) is 0 Å². The van der Waals surface area contributed by atoms with Gasteiger partial charge >= 0.3 is 0 Å². The summed E-state index contributed by atoms with van der Waals surface area (Å²) >= 11 is 0. The van der Waals surface area contributed by atoms with E-state index in [1.54, 1.807) is 19.2 Å². The molecule has 1 N–H and O–H groups in total. The Morgan fingerprint density at radius 2 is 1.71 bits per heavy atom. The number of allylic oxidation sites excluding steroid dienone is 1. The van der Waals surface area contributed by atoms with Crippen molar-refractivity contribution < 1.29 is 9.84 Å². The molecule has 0 aliphatic heterocycles. The molecule has 1 aromatic rings. The molecule has 0 unspecified atom stereocenters. The van der Waals surface area contributed by atoms with Gasteiger partial charge in [-0.2, -0.15) is 0 Å². The quantitative estimate of drug-likeness (QED) is 0.729. The molecule has 118 valence electrons. The van der Waals surface area contributed by atoms with E-state index in [1.165, 1.54) is 5.57 Å². The number of hydrogen-bond acceptors (Lipinski definition) is 2. The normalized spacial score (nSPS) is 13.9. The standard InChI is InChI=1S/C19H30O2/c1-18(2,3)12-11-16(19(4,5)6)17(21-7)14-9-8-10-15(20)13-14/h8-10,13,20H,11-12H2,1-7H3/b17-16-. The first kappa shape index (κ1) is 17.6. The predicted octanol–water partition coefficient (Wildman–Crippen LogP) is 5.62. The number of ether oxygens (including phenoxy) is 1. The third kappa shape index (κ3) is 5.45. The fourth-order valence-electron chi connectivity index (χ4n) is 2.39. The van der Waals surface area contributed by atoms with E-state index in [9.17, 15) is 5.11 Å². The third-order valence-corrected chi connectivity index (χ3v) is 3.62. The zero-order chi connectivity index (χ0) is 16.3. The van der Waals surface area contributed by atoms with Crippen molar-refractivity contribution in [1.29, 1.82) is 0 Å². The van der Waals surface area contributed by atoms with E-state index in [1.807, 2.05) is 12.1 Å². The van der Waals surface area contributed by atoms with Crippen LogP contribution >= 0.6 is 0 Å². The molecule has 0 heterocycles. The predicted molar refractivity (Wildman–Crippen MR) is 90.2 cm³/mol. The number of rotatable bonds is 4. The maximum atomic E-state index is 9.72. The van der Waals surface area contributed by atoms with E-state index in [-0.39, 0.29) is 16.6 Å². The van der Waals surface area contributed by atoms with Crippen LogP contribution in [0.5, 0.6) is 5.75 Å². The van der Waals surface area contributed by atoms with Crippen LogP contribution < -0.4 is 0 Å². The minimum atomic E-state index is 0.0298. The van der Waals surface area contributed by atoms with E-state index in [0.717, 1.165) is 24.2 Å². The summed E-state index contributed by atoms with van der Waals surface area (Å²) in [5, 5.41) is 9.72. The molecule has 0 aliphatic carbocycles. The SMILES string of the molecule is CO/C(=C(/CCC(C)(C)C)C(C)(C)C)c1cccc(O)c1. The average molecular weight is 290 g/mol. The highest BCUT2D eigenvalue weighted by Gasteiger charge is 2.25. The van der Waals surface area contributed by atoms with E-state index in [2.05, 4.69) is 41.5 Å². The van der Waals surface area contributed by atoms with Crippen LogP contribution in [0.2, 0.25) is 0 Å². The van der Waals surface area contributed by atoms with Crippen LogP contribution in [0.4, 0.5) is 0 Å². The van der Waals surface area contributed by atoms with E-state index in [4.69, 9.17) is 4.74 Å². The van der Waals surface area contributed by atoms with Crippen LogP contribution in [0, 0.1) is 10.8 Å².